The van der Waals surface area contributed by atoms with Crippen LogP contribution in [0.3, 0.4) is 0 Å². The van der Waals surface area contributed by atoms with Gasteiger partial charge in [-0.15, -0.1) is 0 Å². The van der Waals surface area contributed by atoms with E-state index in [1.165, 1.54) is 12.8 Å². The fourth-order valence-corrected chi connectivity index (χ4v) is 4.53. The number of carbonyl (C=O) groups excluding carboxylic acids is 1. The average molecular weight is 423 g/mol. The Morgan fingerprint density at radius 3 is 2.26 bits per heavy atom. The normalized spacial score (nSPS) is 23.9. The first-order chi connectivity index (χ1) is 15.0. The molecule has 31 heavy (non-hydrogen) atoms. The van der Waals surface area contributed by atoms with Gasteiger partial charge < -0.3 is 19.7 Å². The van der Waals surface area contributed by atoms with E-state index in [4.69, 9.17) is 9.47 Å². The summed E-state index contributed by atoms with van der Waals surface area (Å²) in [5, 5.41) is 2.96. The summed E-state index contributed by atoms with van der Waals surface area (Å²) in [5.41, 5.74) is 1.37. The molecule has 2 aliphatic rings. The van der Waals surface area contributed by atoms with Crippen molar-refractivity contribution in [1.82, 2.24) is 4.90 Å². The van der Waals surface area contributed by atoms with E-state index in [0.717, 1.165) is 36.4 Å². The average Bonchev–Trinajstić information content (AvgIpc) is 2.99. The number of amides is 1. The molecular formula is C26H34N2O3. The van der Waals surface area contributed by atoms with Crippen molar-refractivity contribution in [3.05, 3.63) is 54.1 Å². The number of carbonyl (C=O) groups is 1. The number of nitrogens with zero attached hydrogens (tertiary/aromatic N) is 1. The fourth-order valence-electron chi connectivity index (χ4n) is 4.53. The third-order valence-corrected chi connectivity index (χ3v) is 6.82. The quantitative estimate of drug-likeness (QED) is 0.622. The standard InChI is InChI=1S/C26H34N2O3/c1-4-18(2)17-30-23-11-5-19(6-12-23)26(29)27-20-7-13-24(14-8-20)31-25-15-21-9-10-22(16-25)28(21)3/h5-8,11-14,18,21-22,25H,4,9-10,15-17H2,1-3H3,(H,27,29)/t18?,21-,22+,25?. The molecule has 2 unspecified atom stereocenters. The molecule has 2 bridgehead atoms. The lowest BCUT2D eigenvalue weighted by Gasteiger charge is -2.36. The van der Waals surface area contributed by atoms with Gasteiger partial charge in [0.25, 0.3) is 5.91 Å². The van der Waals surface area contributed by atoms with Crippen molar-refractivity contribution in [2.45, 2.75) is 64.1 Å². The predicted molar refractivity (Wildman–Crippen MR) is 124 cm³/mol. The SMILES string of the molecule is CCC(C)COc1ccc(C(=O)Nc2ccc(OC3C[C@H]4CC[C@@H](C3)N4C)cc2)cc1. The Labute approximate surface area is 185 Å². The Hall–Kier alpha value is -2.53. The molecule has 1 N–H and O–H groups in total. The van der Waals surface area contributed by atoms with Crippen molar-refractivity contribution >= 4 is 11.6 Å². The van der Waals surface area contributed by atoms with E-state index < -0.39 is 0 Å². The summed E-state index contributed by atoms with van der Waals surface area (Å²) in [6, 6.07) is 16.3. The van der Waals surface area contributed by atoms with Crippen LogP contribution >= 0.6 is 0 Å². The molecular weight excluding hydrogens is 388 g/mol. The second-order valence-corrected chi connectivity index (χ2v) is 9.09. The number of ether oxygens (including phenoxy) is 2. The van der Waals surface area contributed by atoms with Crippen LogP contribution in [-0.4, -0.2) is 42.6 Å². The van der Waals surface area contributed by atoms with Crippen molar-refractivity contribution in [3.8, 4) is 11.5 Å². The summed E-state index contributed by atoms with van der Waals surface area (Å²) in [4.78, 5) is 15.1. The monoisotopic (exact) mass is 422 g/mol. The summed E-state index contributed by atoms with van der Waals surface area (Å²) >= 11 is 0. The molecule has 2 aliphatic heterocycles. The van der Waals surface area contributed by atoms with Crippen LogP contribution in [0.15, 0.2) is 48.5 Å². The first kappa shape index (κ1) is 21.7. The second-order valence-electron chi connectivity index (χ2n) is 9.09. The van der Waals surface area contributed by atoms with Gasteiger partial charge in [0.1, 0.15) is 17.6 Å². The van der Waals surface area contributed by atoms with Crippen LogP contribution in [-0.2, 0) is 0 Å². The Morgan fingerprint density at radius 1 is 1.03 bits per heavy atom. The maximum Gasteiger partial charge on any atom is 0.255 e. The number of hydrogen-bond acceptors (Lipinski definition) is 4. The minimum absolute atomic E-state index is 0.131. The summed E-state index contributed by atoms with van der Waals surface area (Å²) in [5.74, 6) is 2.05. The van der Waals surface area contributed by atoms with Gasteiger partial charge in [0.15, 0.2) is 0 Å². The lowest BCUT2D eigenvalue weighted by molar-refractivity contribution is 0.0662. The number of rotatable bonds is 8. The summed E-state index contributed by atoms with van der Waals surface area (Å²) < 4.78 is 12.0. The molecule has 0 aromatic heterocycles. The van der Waals surface area contributed by atoms with Crippen molar-refractivity contribution in [3.63, 3.8) is 0 Å². The minimum Gasteiger partial charge on any atom is -0.493 e. The first-order valence-corrected chi connectivity index (χ1v) is 11.5. The van der Waals surface area contributed by atoms with Crippen LogP contribution in [0.2, 0.25) is 0 Å². The van der Waals surface area contributed by atoms with Crippen molar-refractivity contribution < 1.29 is 14.3 Å². The van der Waals surface area contributed by atoms with Crippen LogP contribution in [0.1, 0.15) is 56.3 Å². The highest BCUT2D eigenvalue weighted by Gasteiger charge is 2.39. The van der Waals surface area contributed by atoms with Gasteiger partial charge in [-0.1, -0.05) is 20.3 Å². The molecule has 2 aromatic rings. The maximum absolute atomic E-state index is 12.6. The molecule has 1 amide bonds. The lowest BCUT2D eigenvalue weighted by atomic mass is 10.0. The van der Waals surface area contributed by atoms with Gasteiger partial charge >= 0.3 is 0 Å². The molecule has 0 saturated carbocycles. The van der Waals surface area contributed by atoms with Gasteiger partial charge in [-0.2, -0.15) is 0 Å². The molecule has 2 heterocycles. The number of anilines is 1. The molecule has 4 rings (SSSR count). The van der Waals surface area contributed by atoms with Crippen molar-refractivity contribution in [2.75, 3.05) is 19.0 Å². The van der Waals surface area contributed by atoms with Crippen LogP contribution < -0.4 is 14.8 Å². The molecule has 166 valence electrons. The number of piperidine rings is 1. The van der Waals surface area contributed by atoms with E-state index in [1.807, 2.05) is 36.4 Å². The third-order valence-electron chi connectivity index (χ3n) is 6.82. The minimum atomic E-state index is -0.131. The van der Waals surface area contributed by atoms with E-state index in [2.05, 4.69) is 31.1 Å². The van der Waals surface area contributed by atoms with Gasteiger partial charge in [0, 0.05) is 23.3 Å². The molecule has 2 fully saturated rings. The van der Waals surface area contributed by atoms with Gasteiger partial charge in [0.2, 0.25) is 0 Å². The van der Waals surface area contributed by atoms with E-state index in [0.29, 0.717) is 30.2 Å². The topological polar surface area (TPSA) is 50.8 Å². The Bertz CT molecular complexity index is 851. The molecule has 4 atom stereocenters. The Kier molecular flexibility index (Phi) is 6.81. The molecule has 5 heteroatoms. The molecule has 0 aliphatic carbocycles. The maximum atomic E-state index is 12.6. The van der Waals surface area contributed by atoms with Gasteiger partial charge in [-0.05, 0) is 87.2 Å². The van der Waals surface area contributed by atoms with E-state index in [1.54, 1.807) is 12.1 Å². The predicted octanol–water partition coefficient (Wildman–Crippen LogP) is 5.37. The highest BCUT2D eigenvalue weighted by molar-refractivity contribution is 6.04. The van der Waals surface area contributed by atoms with Crippen molar-refractivity contribution in [1.29, 1.82) is 0 Å². The zero-order chi connectivity index (χ0) is 21.8. The van der Waals surface area contributed by atoms with Crippen molar-refractivity contribution in [2.24, 2.45) is 5.92 Å². The van der Waals surface area contributed by atoms with E-state index in [9.17, 15) is 4.79 Å². The molecule has 0 spiro atoms. The number of nitrogens with one attached hydrogen (secondary N) is 1. The van der Waals surface area contributed by atoms with Crippen LogP contribution in [0.25, 0.3) is 0 Å². The largest absolute Gasteiger partial charge is 0.493 e. The van der Waals surface area contributed by atoms with Gasteiger partial charge in [-0.25, -0.2) is 0 Å². The lowest BCUT2D eigenvalue weighted by Crippen LogP contribution is -2.43. The summed E-state index contributed by atoms with van der Waals surface area (Å²) in [6.07, 6.45) is 6.15. The summed E-state index contributed by atoms with van der Waals surface area (Å²) in [7, 11) is 2.24. The molecule has 2 aromatic carbocycles. The fraction of sp³-hybridized carbons (Fsp3) is 0.500. The third kappa shape index (κ3) is 5.40. The Balaban J connectivity index is 1.28. The van der Waals surface area contributed by atoms with Crippen LogP contribution in [0.4, 0.5) is 5.69 Å². The zero-order valence-electron chi connectivity index (χ0n) is 18.8. The molecule has 2 saturated heterocycles. The highest BCUT2D eigenvalue weighted by Crippen LogP contribution is 2.36. The zero-order valence-corrected chi connectivity index (χ0v) is 18.8. The van der Waals surface area contributed by atoms with E-state index >= 15 is 0 Å². The summed E-state index contributed by atoms with van der Waals surface area (Å²) in [6.45, 7) is 5.00. The number of benzene rings is 2. The highest BCUT2D eigenvalue weighted by atomic mass is 16.5. The molecule has 5 nitrogen and oxygen atoms in total. The first-order valence-electron chi connectivity index (χ1n) is 11.5. The van der Waals surface area contributed by atoms with E-state index in [-0.39, 0.29) is 12.0 Å². The smallest absolute Gasteiger partial charge is 0.255 e. The number of hydrogen-bond donors (Lipinski definition) is 1. The molecule has 0 radical (unpaired) electrons. The Morgan fingerprint density at radius 2 is 1.65 bits per heavy atom. The second kappa shape index (κ2) is 9.73. The van der Waals surface area contributed by atoms with Crippen LogP contribution in [0, 0.1) is 5.92 Å². The van der Waals surface area contributed by atoms with Crippen LogP contribution in [0.5, 0.6) is 11.5 Å². The van der Waals surface area contributed by atoms with Gasteiger partial charge in [0.05, 0.1) is 6.61 Å². The number of fused-ring (bicyclic) bond motifs is 2. The van der Waals surface area contributed by atoms with Gasteiger partial charge in [-0.3, -0.25) is 4.79 Å².